The van der Waals surface area contributed by atoms with Gasteiger partial charge in [-0.1, -0.05) is 29.8 Å². The summed E-state index contributed by atoms with van der Waals surface area (Å²) in [5.74, 6) is -1.33. The minimum Gasteiger partial charge on any atom is -0.487 e. The lowest BCUT2D eigenvalue weighted by Gasteiger charge is -2.15. The van der Waals surface area contributed by atoms with E-state index in [1.54, 1.807) is 38.1 Å². The van der Waals surface area contributed by atoms with E-state index in [1.165, 1.54) is 12.1 Å². The van der Waals surface area contributed by atoms with E-state index in [9.17, 15) is 19.7 Å². The molecule has 148 valence electrons. The lowest BCUT2D eigenvalue weighted by molar-refractivity contribution is -0.385. The van der Waals surface area contributed by atoms with Gasteiger partial charge in [0.05, 0.1) is 23.1 Å². The predicted molar refractivity (Wildman–Crippen MR) is 103 cm³/mol. The molecule has 2 aromatic rings. The molecule has 0 unspecified atom stereocenters. The maximum atomic E-state index is 12.1. The first-order chi connectivity index (χ1) is 13.3. The van der Waals surface area contributed by atoms with E-state index in [-0.39, 0.29) is 29.6 Å². The van der Waals surface area contributed by atoms with Crippen molar-refractivity contribution in [1.29, 1.82) is 0 Å². The van der Waals surface area contributed by atoms with Crippen molar-refractivity contribution >= 4 is 29.2 Å². The van der Waals surface area contributed by atoms with Gasteiger partial charge in [-0.25, -0.2) is 4.79 Å². The average molecular weight is 407 g/mol. The Kier molecular flexibility index (Phi) is 7.34. The Balaban J connectivity index is 1.98. The van der Waals surface area contributed by atoms with Gasteiger partial charge in [0.25, 0.3) is 5.91 Å². The summed E-state index contributed by atoms with van der Waals surface area (Å²) in [7, 11) is 0. The van der Waals surface area contributed by atoms with E-state index < -0.39 is 23.4 Å². The van der Waals surface area contributed by atoms with Crippen molar-refractivity contribution in [1.82, 2.24) is 5.32 Å². The minimum absolute atomic E-state index is 0.0513. The van der Waals surface area contributed by atoms with Gasteiger partial charge in [0.15, 0.2) is 12.4 Å². The molecule has 1 atom stereocenters. The van der Waals surface area contributed by atoms with Gasteiger partial charge in [-0.2, -0.15) is 0 Å². The van der Waals surface area contributed by atoms with Gasteiger partial charge >= 0.3 is 11.7 Å². The summed E-state index contributed by atoms with van der Waals surface area (Å²) in [6.07, 6.45) is 0. The zero-order valence-corrected chi connectivity index (χ0v) is 16.1. The van der Waals surface area contributed by atoms with Gasteiger partial charge in [-0.05, 0) is 37.6 Å². The summed E-state index contributed by atoms with van der Waals surface area (Å²) < 4.78 is 10.1. The molecule has 0 saturated heterocycles. The van der Waals surface area contributed by atoms with Crippen molar-refractivity contribution in [2.75, 3.05) is 13.2 Å². The summed E-state index contributed by atoms with van der Waals surface area (Å²) in [4.78, 5) is 34.6. The quantitative estimate of drug-likeness (QED) is 0.407. The molecular formula is C19H19ClN2O6. The molecule has 0 bridgehead atoms. The van der Waals surface area contributed by atoms with E-state index in [2.05, 4.69) is 5.32 Å². The fourth-order valence-corrected chi connectivity index (χ4v) is 2.77. The number of nitro benzene ring substituents is 1. The second kappa shape index (κ2) is 9.70. The normalized spacial score (nSPS) is 11.4. The van der Waals surface area contributed by atoms with Crippen LogP contribution in [0, 0.1) is 10.1 Å². The molecule has 9 heteroatoms. The third-order valence-electron chi connectivity index (χ3n) is 3.77. The molecule has 0 aliphatic carbocycles. The number of carbonyl (C=O) groups excluding carboxylic acids is 2. The molecule has 1 N–H and O–H groups in total. The Labute approximate surface area is 166 Å². The van der Waals surface area contributed by atoms with Crippen LogP contribution in [-0.4, -0.2) is 30.0 Å². The van der Waals surface area contributed by atoms with Gasteiger partial charge in [0, 0.05) is 11.1 Å². The van der Waals surface area contributed by atoms with Crippen molar-refractivity contribution < 1.29 is 24.0 Å². The molecule has 2 rings (SSSR count). The van der Waals surface area contributed by atoms with Crippen molar-refractivity contribution in [3.8, 4) is 5.75 Å². The summed E-state index contributed by atoms with van der Waals surface area (Å²) >= 11 is 6.08. The Morgan fingerprint density at radius 1 is 1.25 bits per heavy atom. The Bertz CT molecular complexity index is 886. The third kappa shape index (κ3) is 5.43. The Hall–Kier alpha value is -3.13. The Morgan fingerprint density at radius 3 is 2.61 bits per heavy atom. The average Bonchev–Trinajstić information content (AvgIpc) is 2.66. The zero-order chi connectivity index (χ0) is 20.7. The number of carbonyl (C=O) groups is 2. The number of esters is 1. The largest absolute Gasteiger partial charge is 0.487 e. The van der Waals surface area contributed by atoms with Crippen molar-refractivity contribution in [3.63, 3.8) is 0 Å². The van der Waals surface area contributed by atoms with Crippen molar-refractivity contribution in [2.45, 2.75) is 19.9 Å². The molecule has 0 spiro atoms. The van der Waals surface area contributed by atoms with Crippen LogP contribution in [0.3, 0.4) is 0 Å². The highest BCUT2D eigenvalue weighted by atomic mass is 35.5. The smallest absolute Gasteiger partial charge is 0.338 e. The molecule has 0 radical (unpaired) electrons. The van der Waals surface area contributed by atoms with Crippen LogP contribution >= 0.6 is 11.6 Å². The monoisotopic (exact) mass is 406 g/mol. The first-order valence-electron chi connectivity index (χ1n) is 8.45. The number of nitrogens with one attached hydrogen (secondary N) is 1. The molecular weight excluding hydrogens is 388 g/mol. The first kappa shape index (κ1) is 21.2. The van der Waals surface area contributed by atoms with Crippen LogP contribution in [0.25, 0.3) is 0 Å². The predicted octanol–water partition coefficient (Wildman–Crippen LogP) is 3.68. The maximum Gasteiger partial charge on any atom is 0.338 e. The highest BCUT2D eigenvalue weighted by Crippen LogP contribution is 2.28. The maximum absolute atomic E-state index is 12.1. The van der Waals surface area contributed by atoms with E-state index in [4.69, 9.17) is 21.1 Å². The van der Waals surface area contributed by atoms with Crippen LogP contribution in [0.15, 0.2) is 42.5 Å². The number of hydrogen-bond acceptors (Lipinski definition) is 6. The number of halogens is 1. The number of rotatable bonds is 8. The van der Waals surface area contributed by atoms with Gasteiger partial charge in [-0.15, -0.1) is 0 Å². The second-order valence-electron chi connectivity index (χ2n) is 5.76. The van der Waals surface area contributed by atoms with Crippen LogP contribution in [0.4, 0.5) is 5.69 Å². The van der Waals surface area contributed by atoms with Crippen molar-refractivity contribution in [2.24, 2.45) is 0 Å². The van der Waals surface area contributed by atoms with Gasteiger partial charge in [0.1, 0.15) is 0 Å². The molecule has 0 aliphatic rings. The molecule has 8 nitrogen and oxygen atoms in total. The number of nitro groups is 1. The number of amides is 1. The fraction of sp³-hybridized carbons (Fsp3) is 0.263. The standard InChI is InChI=1S/C19H19ClN2O6/c1-3-27-17-9-8-13(10-16(17)22(25)26)19(24)28-11-18(23)21-12(2)14-6-4-5-7-15(14)20/h4-10,12H,3,11H2,1-2H3,(H,21,23)/t12-/m1/s1. The number of ether oxygens (including phenoxy) is 2. The summed E-state index contributed by atoms with van der Waals surface area (Å²) in [6, 6.07) is 10.4. The lowest BCUT2D eigenvalue weighted by atomic mass is 10.1. The summed E-state index contributed by atoms with van der Waals surface area (Å²) in [6.45, 7) is 3.15. The third-order valence-corrected chi connectivity index (χ3v) is 4.12. The molecule has 0 saturated carbocycles. The topological polar surface area (TPSA) is 108 Å². The van der Waals surface area contributed by atoms with E-state index in [0.29, 0.717) is 5.02 Å². The fourth-order valence-electron chi connectivity index (χ4n) is 2.47. The van der Waals surface area contributed by atoms with Gasteiger partial charge in [0.2, 0.25) is 0 Å². The van der Waals surface area contributed by atoms with Crippen LogP contribution in [0.5, 0.6) is 5.75 Å². The van der Waals surface area contributed by atoms with Crippen molar-refractivity contribution in [3.05, 3.63) is 68.7 Å². The minimum atomic E-state index is -0.855. The zero-order valence-electron chi connectivity index (χ0n) is 15.3. The van der Waals surface area contributed by atoms with E-state index in [1.807, 2.05) is 0 Å². The molecule has 0 aromatic heterocycles. The molecule has 0 fully saturated rings. The molecule has 1 amide bonds. The second-order valence-corrected chi connectivity index (χ2v) is 6.17. The number of hydrogen-bond donors (Lipinski definition) is 1. The number of benzene rings is 2. The van der Waals surface area contributed by atoms with Crippen LogP contribution in [0.2, 0.25) is 5.02 Å². The molecule has 2 aromatic carbocycles. The van der Waals surface area contributed by atoms with Gasteiger partial charge in [-0.3, -0.25) is 14.9 Å². The Morgan fingerprint density at radius 2 is 1.96 bits per heavy atom. The molecule has 28 heavy (non-hydrogen) atoms. The van der Waals surface area contributed by atoms with Crippen LogP contribution in [0.1, 0.15) is 35.8 Å². The SMILES string of the molecule is CCOc1ccc(C(=O)OCC(=O)N[C@H](C)c2ccccc2Cl)cc1[N+](=O)[O-]. The number of nitrogens with zero attached hydrogens (tertiary/aromatic N) is 1. The molecule has 0 heterocycles. The molecule has 0 aliphatic heterocycles. The summed E-state index contributed by atoms with van der Waals surface area (Å²) in [5.41, 5.74) is 0.321. The first-order valence-corrected chi connectivity index (χ1v) is 8.83. The van der Waals surface area contributed by atoms with Crippen LogP contribution in [-0.2, 0) is 9.53 Å². The van der Waals surface area contributed by atoms with Crippen LogP contribution < -0.4 is 10.1 Å². The highest BCUT2D eigenvalue weighted by molar-refractivity contribution is 6.31. The van der Waals surface area contributed by atoms with E-state index in [0.717, 1.165) is 11.6 Å². The van der Waals surface area contributed by atoms with E-state index >= 15 is 0 Å². The lowest BCUT2D eigenvalue weighted by Crippen LogP contribution is -2.31. The van der Waals surface area contributed by atoms with Gasteiger partial charge < -0.3 is 14.8 Å². The highest BCUT2D eigenvalue weighted by Gasteiger charge is 2.20. The summed E-state index contributed by atoms with van der Waals surface area (Å²) in [5, 5.41) is 14.3.